The number of halogens is 1. The summed E-state index contributed by atoms with van der Waals surface area (Å²) in [7, 11) is 3.41. The van der Waals surface area contributed by atoms with Gasteiger partial charge >= 0.3 is 5.97 Å². The molecule has 1 fully saturated rings. The number of methoxy groups -OCH3 is 1. The molecule has 108 valence electrons. The minimum atomic E-state index is -0.312. The van der Waals surface area contributed by atoms with Gasteiger partial charge in [0.25, 0.3) is 0 Å². The number of nitrogens with zero attached hydrogens (tertiary/aromatic N) is 1. The van der Waals surface area contributed by atoms with Crippen molar-refractivity contribution in [1.82, 2.24) is 15.2 Å². The first-order valence-electron chi connectivity index (χ1n) is 6.38. The summed E-state index contributed by atoms with van der Waals surface area (Å²) < 4.78 is 4.68. The van der Waals surface area contributed by atoms with Crippen LogP contribution in [0.2, 0.25) is 0 Å². The normalized spacial score (nSPS) is 19.8. The first-order valence-corrected chi connectivity index (χ1v) is 6.38. The summed E-state index contributed by atoms with van der Waals surface area (Å²) in [6, 6.07) is 2.45. The van der Waals surface area contributed by atoms with Gasteiger partial charge in [0.2, 0.25) is 0 Å². The number of carbonyl (C=O) groups excluding carboxylic acids is 1. The molecule has 6 heteroatoms. The van der Waals surface area contributed by atoms with Crippen molar-refractivity contribution in [3.05, 3.63) is 23.5 Å². The van der Waals surface area contributed by atoms with Crippen molar-refractivity contribution in [2.45, 2.75) is 25.4 Å². The van der Waals surface area contributed by atoms with E-state index < -0.39 is 0 Å². The van der Waals surface area contributed by atoms with Gasteiger partial charge < -0.3 is 15.0 Å². The molecule has 1 unspecified atom stereocenters. The number of hydrogen-bond acceptors (Lipinski definition) is 4. The van der Waals surface area contributed by atoms with Crippen LogP contribution < -0.4 is 5.32 Å². The Kier molecular flexibility index (Phi) is 6.34. The summed E-state index contributed by atoms with van der Waals surface area (Å²) in [5.74, 6) is -0.312. The highest BCUT2D eigenvalue weighted by atomic mass is 35.5. The minimum absolute atomic E-state index is 0. The summed E-state index contributed by atoms with van der Waals surface area (Å²) >= 11 is 0. The highest BCUT2D eigenvalue weighted by Crippen LogP contribution is 2.14. The molecule has 1 atom stereocenters. The van der Waals surface area contributed by atoms with Crippen molar-refractivity contribution < 1.29 is 9.53 Å². The zero-order valence-electron chi connectivity index (χ0n) is 11.4. The van der Waals surface area contributed by atoms with Crippen LogP contribution in [0, 0.1) is 0 Å². The number of piperidine rings is 1. The van der Waals surface area contributed by atoms with E-state index in [4.69, 9.17) is 0 Å². The zero-order valence-corrected chi connectivity index (χ0v) is 12.3. The molecule has 1 aliphatic rings. The van der Waals surface area contributed by atoms with Gasteiger partial charge in [-0.2, -0.15) is 0 Å². The minimum Gasteiger partial charge on any atom is -0.464 e. The maximum Gasteiger partial charge on any atom is 0.354 e. The van der Waals surface area contributed by atoms with Crippen molar-refractivity contribution in [3.8, 4) is 0 Å². The Labute approximate surface area is 120 Å². The fourth-order valence-corrected chi connectivity index (χ4v) is 2.45. The number of ether oxygens (including phenoxy) is 1. The predicted octanol–water partition coefficient (Wildman–Crippen LogP) is 1.41. The third-order valence-corrected chi connectivity index (χ3v) is 3.47. The van der Waals surface area contributed by atoms with Crippen LogP contribution in [-0.4, -0.2) is 49.1 Å². The number of aromatic amines is 1. The van der Waals surface area contributed by atoms with Crippen LogP contribution in [0.1, 0.15) is 28.9 Å². The van der Waals surface area contributed by atoms with Crippen LogP contribution in [0.5, 0.6) is 0 Å². The van der Waals surface area contributed by atoms with Crippen molar-refractivity contribution >= 4 is 18.4 Å². The summed E-state index contributed by atoms with van der Waals surface area (Å²) in [6.45, 7) is 3.07. The topological polar surface area (TPSA) is 57.4 Å². The number of rotatable bonds is 4. The highest BCUT2D eigenvalue weighted by molar-refractivity contribution is 5.87. The Hall–Kier alpha value is -1.04. The molecule has 1 aromatic rings. The van der Waals surface area contributed by atoms with Crippen LogP contribution in [0.3, 0.4) is 0 Å². The van der Waals surface area contributed by atoms with Crippen LogP contribution in [0.4, 0.5) is 0 Å². The quantitative estimate of drug-likeness (QED) is 0.822. The molecule has 0 saturated carbocycles. The second-order valence-electron chi connectivity index (χ2n) is 4.78. The Morgan fingerprint density at radius 2 is 2.42 bits per heavy atom. The molecule has 0 bridgehead atoms. The van der Waals surface area contributed by atoms with Crippen molar-refractivity contribution in [3.63, 3.8) is 0 Å². The second kappa shape index (κ2) is 7.53. The molecule has 1 saturated heterocycles. The molecule has 2 N–H and O–H groups in total. The largest absolute Gasteiger partial charge is 0.464 e. The van der Waals surface area contributed by atoms with E-state index in [2.05, 4.69) is 19.9 Å². The molecule has 0 aromatic carbocycles. The molecule has 5 nitrogen and oxygen atoms in total. The number of carbonyl (C=O) groups is 1. The molecule has 0 radical (unpaired) electrons. The smallest absolute Gasteiger partial charge is 0.354 e. The summed E-state index contributed by atoms with van der Waals surface area (Å²) in [6.07, 6.45) is 4.35. The molecule has 2 rings (SSSR count). The van der Waals surface area contributed by atoms with E-state index >= 15 is 0 Å². The standard InChI is InChI=1S/C13H21N3O2.ClH/c1-14-11-4-3-5-16(9-11)8-10-6-12(15-7-10)13(17)18-2;/h6-7,11,14-15H,3-5,8-9H2,1-2H3;1H. The molecule has 0 spiro atoms. The van der Waals surface area contributed by atoms with Gasteiger partial charge in [0, 0.05) is 25.3 Å². The maximum absolute atomic E-state index is 11.3. The Balaban J connectivity index is 0.00000180. The monoisotopic (exact) mass is 287 g/mol. The molecule has 0 amide bonds. The summed E-state index contributed by atoms with van der Waals surface area (Å²) in [5.41, 5.74) is 1.65. The highest BCUT2D eigenvalue weighted by Gasteiger charge is 2.19. The Morgan fingerprint density at radius 1 is 1.63 bits per heavy atom. The number of likely N-dealkylation sites (N-methyl/N-ethyl adjacent to an activating group) is 1. The lowest BCUT2D eigenvalue weighted by molar-refractivity contribution is 0.0594. The maximum atomic E-state index is 11.3. The molecule has 1 aromatic heterocycles. The summed E-state index contributed by atoms with van der Waals surface area (Å²) in [5, 5.41) is 3.33. The van der Waals surface area contributed by atoms with Gasteiger partial charge in [0.05, 0.1) is 7.11 Å². The van der Waals surface area contributed by atoms with Gasteiger partial charge in [-0.05, 0) is 38.1 Å². The molecular weight excluding hydrogens is 266 g/mol. The second-order valence-corrected chi connectivity index (χ2v) is 4.78. The van der Waals surface area contributed by atoms with Gasteiger partial charge in [-0.25, -0.2) is 4.79 Å². The average Bonchev–Trinajstić information content (AvgIpc) is 2.86. The Bertz CT molecular complexity index is 408. The zero-order chi connectivity index (χ0) is 13.0. The lowest BCUT2D eigenvalue weighted by Gasteiger charge is -2.32. The summed E-state index contributed by atoms with van der Waals surface area (Å²) in [4.78, 5) is 16.7. The average molecular weight is 288 g/mol. The number of hydrogen-bond donors (Lipinski definition) is 2. The third-order valence-electron chi connectivity index (χ3n) is 3.47. The molecule has 1 aliphatic heterocycles. The fourth-order valence-electron chi connectivity index (χ4n) is 2.45. The van der Waals surface area contributed by atoms with E-state index in [0.29, 0.717) is 11.7 Å². The van der Waals surface area contributed by atoms with Crippen molar-refractivity contribution in [2.24, 2.45) is 0 Å². The predicted molar refractivity (Wildman–Crippen MR) is 76.7 cm³/mol. The SMILES string of the molecule is CNC1CCCN(Cc2c[nH]c(C(=O)OC)c2)C1.Cl. The van der Waals surface area contributed by atoms with Gasteiger partial charge in [0.1, 0.15) is 5.69 Å². The van der Waals surface area contributed by atoms with E-state index in [9.17, 15) is 4.79 Å². The van der Waals surface area contributed by atoms with Crippen molar-refractivity contribution in [2.75, 3.05) is 27.2 Å². The van der Waals surface area contributed by atoms with Crippen molar-refractivity contribution in [1.29, 1.82) is 0 Å². The van der Waals surface area contributed by atoms with Crippen LogP contribution in [0.15, 0.2) is 12.3 Å². The lowest BCUT2D eigenvalue weighted by Crippen LogP contribution is -2.43. The third kappa shape index (κ3) is 4.23. The van der Waals surface area contributed by atoms with Crippen LogP contribution >= 0.6 is 12.4 Å². The first kappa shape index (κ1) is 16.0. The number of likely N-dealkylation sites (tertiary alicyclic amines) is 1. The van der Waals surface area contributed by atoms with E-state index in [0.717, 1.165) is 25.2 Å². The van der Waals surface area contributed by atoms with Crippen LogP contribution in [-0.2, 0) is 11.3 Å². The number of H-pyrrole nitrogens is 1. The number of esters is 1. The lowest BCUT2D eigenvalue weighted by atomic mass is 10.1. The number of aromatic nitrogens is 1. The van der Waals surface area contributed by atoms with Gasteiger partial charge in [-0.3, -0.25) is 4.90 Å². The van der Waals surface area contributed by atoms with Gasteiger partial charge in [-0.15, -0.1) is 12.4 Å². The molecule has 2 heterocycles. The molecule has 19 heavy (non-hydrogen) atoms. The van der Waals surface area contributed by atoms with E-state index in [1.807, 2.05) is 19.3 Å². The van der Waals surface area contributed by atoms with E-state index in [-0.39, 0.29) is 18.4 Å². The Morgan fingerprint density at radius 3 is 3.11 bits per heavy atom. The molecule has 0 aliphatic carbocycles. The number of nitrogens with one attached hydrogen (secondary N) is 2. The first-order chi connectivity index (χ1) is 8.72. The fraction of sp³-hybridized carbons (Fsp3) is 0.615. The van der Waals surface area contributed by atoms with Crippen LogP contribution in [0.25, 0.3) is 0 Å². The van der Waals surface area contributed by atoms with E-state index in [1.165, 1.54) is 20.0 Å². The molecular formula is C13H22ClN3O2. The van der Waals surface area contributed by atoms with E-state index in [1.54, 1.807) is 0 Å². The van der Waals surface area contributed by atoms with Gasteiger partial charge in [-0.1, -0.05) is 0 Å². The van der Waals surface area contributed by atoms with Gasteiger partial charge in [0.15, 0.2) is 0 Å².